The Hall–Kier alpha value is -3.48. The molecule has 0 radical (unpaired) electrons. The van der Waals surface area contributed by atoms with E-state index in [0.29, 0.717) is 19.5 Å². The number of fused-ring (bicyclic) bond motifs is 1. The fourth-order valence-corrected chi connectivity index (χ4v) is 3.62. The number of aryl methyl sites for hydroxylation is 2. The average molecular weight is 390 g/mol. The smallest absolute Gasteiger partial charge is 0.303 e. The van der Waals surface area contributed by atoms with Gasteiger partial charge >= 0.3 is 5.97 Å². The van der Waals surface area contributed by atoms with Gasteiger partial charge in [0.2, 0.25) is 0 Å². The number of aliphatic carboxylic acids is 1. The topological polar surface area (TPSA) is 88.3 Å². The van der Waals surface area contributed by atoms with Crippen molar-refractivity contribution in [3.05, 3.63) is 59.5 Å². The first-order valence-electron chi connectivity index (χ1n) is 9.53. The maximum atomic E-state index is 12.4. The molecule has 0 fully saturated rings. The molecular weight excluding hydrogens is 368 g/mol. The number of carboxylic acids is 1. The molecule has 3 aromatic rings. The van der Waals surface area contributed by atoms with E-state index in [2.05, 4.69) is 5.10 Å². The van der Waals surface area contributed by atoms with Gasteiger partial charge in [-0.3, -0.25) is 19.3 Å². The molecule has 7 nitrogen and oxygen atoms in total. The molecule has 1 aliphatic rings. The molecule has 4 rings (SSSR count). The van der Waals surface area contributed by atoms with Gasteiger partial charge in [-0.15, -0.1) is 0 Å². The summed E-state index contributed by atoms with van der Waals surface area (Å²) in [4.78, 5) is 29.6. The third-order valence-electron chi connectivity index (χ3n) is 5.12. The summed E-state index contributed by atoms with van der Waals surface area (Å²) in [6.07, 6.45) is 4.31. The van der Waals surface area contributed by atoms with Crippen LogP contribution in [0.5, 0.6) is 0 Å². The molecule has 1 aliphatic heterocycles. The van der Waals surface area contributed by atoms with Crippen LogP contribution in [-0.4, -0.2) is 43.7 Å². The monoisotopic (exact) mass is 390 g/mol. The summed E-state index contributed by atoms with van der Waals surface area (Å²) < 4.78 is 1.75. The molecule has 148 valence electrons. The van der Waals surface area contributed by atoms with Crippen LogP contribution in [0.15, 0.2) is 42.7 Å². The summed E-state index contributed by atoms with van der Waals surface area (Å²) in [5.74, 6) is -0.776. The molecule has 3 heterocycles. The van der Waals surface area contributed by atoms with E-state index in [4.69, 9.17) is 10.1 Å². The summed E-state index contributed by atoms with van der Waals surface area (Å²) >= 11 is 0. The molecule has 1 aromatic carbocycles. The van der Waals surface area contributed by atoms with Crippen molar-refractivity contribution >= 4 is 11.9 Å². The van der Waals surface area contributed by atoms with Crippen LogP contribution < -0.4 is 0 Å². The number of hydrogen-bond acceptors (Lipinski definition) is 4. The number of pyridine rings is 1. The zero-order chi connectivity index (χ0) is 20.5. The summed E-state index contributed by atoms with van der Waals surface area (Å²) in [6, 6.07) is 9.89. The highest BCUT2D eigenvalue weighted by Crippen LogP contribution is 2.33. The SMILES string of the molecule is Cc1ccc(-c2cnn(CCCC(=O)O)c2)c(-c2ccc3c(c2)C(=O)N(C)C3)n1. The zero-order valence-electron chi connectivity index (χ0n) is 16.4. The predicted octanol–water partition coefficient (Wildman–Crippen LogP) is 3.37. The molecule has 0 atom stereocenters. The van der Waals surface area contributed by atoms with Crippen molar-refractivity contribution in [3.8, 4) is 22.4 Å². The van der Waals surface area contributed by atoms with Gasteiger partial charge in [0.25, 0.3) is 5.91 Å². The molecule has 2 aromatic heterocycles. The van der Waals surface area contributed by atoms with Gasteiger partial charge in [-0.1, -0.05) is 18.2 Å². The number of amides is 1. The molecule has 1 N–H and O–H groups in total. The number of hydrogen-bond donors (Lipinski definition) is 1. The second-order valence-electron chi connectivity index (χ2n) is 7.37. The van der Waals surface area contributed by atoms with E-state index in [9.17, 15) is 9.59 Å². The fourth-order valence-electron chi connectivity index (χ4n) is 3.62. The van der Waals surface area contributed by atoms with Crippen molar-refractivity contribution < 1.29 is 14.7 Å². The minimum absolute atomic E-state index is 0.0299. The quantitative estimate of drug-likeness (QED) is 0.697. The summed E-state index contributed by atoms with van der Waals surface area (Å²) in [7, 11) is 1.80. The Kier molecular flexibility index (Phi) is 4.88. The molecule has 0 aliphatic carbocycles. The third kappa shape index (κ3) is 3.76. The fraction of sp³-hybridized carbons (Fsp3) is 0.273. The first kappa shape index (κ1) is 18.9. The number of rotatable bonds is 6. The van der Waals surface area contributed by atoms with Gasteiger partial charge < -0.3 is 10.0 Å². The van der Waals surface area contributed by atoms with Crippen molar-refractivity contribution in [3.63, 3.8) is 0 Å². The van der Waals surface area contributed by atoms with Gasteiger partial charge in [-0.25, -0.2) is 0 Å². The minimum Gasteiger partial charge on any atom is -0.481 e. The summed E-state index contributed by atoms with van der Waals surface area (Å²) in [5, 5.41) is 13.2. The van der Waals surface area contributed by atoms with Crippen LogP contribution in [0.2, 0.25) is 0 Å². The lowest BCUT2D eigenvalue weighted by molar-refractivity contribution is -0.137. The number of benzene rings is 1. The lowest BCUT2D eigenvalue weighted by Crippen LogP contribution is -2.17. The normalized spacial score (nSPS) is 13.0. The van der Waals surface area contributed by atoms with Gasteiger partial charge in [-0.05, 0) is 31.0 Å². The van der Waals surface area contributed by atoms with E-state index in [1.807, 2.05) is 43.5 Å². The molecular formula is C22H22N4O3. The Labute approximate surface area is 168 Å². The first-order valence-corrected chi connectivity index (χ1v) is 9.53. The number of nitrogens with zero attached hydrogens (tertiary/aromatic N) is 4. The van der Waals surface area contributed by atoms with Crippen molar-refractivity contribution in [2.75, 3.05) is 7.05 Å². The highest BCUT2D eigenvalue weighted by Gasteiger charge is 2.25. The average Bonchev–Trinajstić information content (AvgIpc) is 3.26. The number of carboxylic acid groups (broad SMARTS) is 1. The van der Waals surface area contributed by atoms with Gasteiger partial charge in [0.1, 0.15) is 0 Å². The highest BCUT2D eigenvalue weighted by molar-refractivity contribution is 5.99. The molecule has 0 saturated carbocycles. The van der Waals surface area contributed by atoms with Gasteiger partial charge in [0.15, 0.2) is 0 Å². The third-order valence-corrected chi connectivity index (χ3v) is 5.12. The maximum Gasteiger partial charge on any atom is 0.303 e. The van der Waals surface area contributed by atoms with Gasteiger partial charge in [-0.2, -0.15) is 5.10 Å². The van der Waals surface area contributed by atoms with E-state index in [-0.39, 0.29) is 12.3 Å². The Balaban J connectivity index is 1.69. The molecule has 0 spiro atoms. The van der Waals surface area contributed by atoms with Crippen LogP contribution in [0.1, 0.15) is 34.5 Å². The zero-order valence-corrected chi connectivity index (χ0v) is 16.4. The van der Waals surface area contributed by atoms with Crippen LogP contribution >= 0.6 is 0 Å². The van der Waals surface area contributed by atoms with Crippen LogP contribution in [-0.2, 0) is 17.9 Å². The number of aromatic nitrogens is 3. The Morgan fingerprint density at radius 2 is 2.00 bits per heavy atom. The number of carbonyl (C=O) groups excluding carboxylic acids is 1. The van der Waals surface area contributed by atoms with Gasteiger partial charge in [0, 0.05) is 60.7 Å². The highest BCUT2D eigenvalue weighted by atomic mass is 16.4. The van der Waals surface area contributed by atoms with Crippen molar-refractivity contribution in [1.29, 1.82) is 0 Å². The van der Waals surface area contributed by atoms with Crippen LogP contribution in [0.4, 0.5) is 0 Å². The van der Waals surface area contributed by atoms with Crippen molar-refractivity contribution in [2.45, 2.75) is 32.9 Å². The second kappa shape index (κ2) is 7.50. The van der Waals surface area contributed by atoms with E-state index in [1.165, 1.54) is 0 Å². The summed E-state index contributed by atoms with van der Waals surface area (Å²) in [5.41, 5.74) is 6.18. The van der Waals surface area contributed by atoms with Crippen LogP contribution in [0.3, 0.4) is 0 Å². The van der Waals surface area contributed by atoms with Crippen molar-refractivity contribution in [1.82, 2.24) is 19.7 Å². The lowest BCUT2D eigenvalue weighted by atomic mass is 9.98. The molecule has 0 saturated heterocycles. The Bertz CT molecular complexity index is 1100. The lowest BCUT2D eigenvalue weighted by Gasteiger charge is -2.10. The Morgan fingerprint density at radius 1 is 1.17 bits per heavy atom. The largest absolute Gasteiger partial charge is 0.481 e. The molecule has 0 unspecified atom stereocenters. The molecule has 29 heavy (non-hydrogen) atoms. The Morgan fingerprint density at radius 3 is 2.79 bits per heavy atom. The first-order chi connectivity index (χ1) is 13.9. The van der Waals surface area contributed by atoms with Crippen molar-refractivity contribution in [2.24, 2.45) is 0 Å². The van der Waals surface area contributed by atoms with E-state index >= 15 is 0 Å². The molecule has 1 amide bonds. The van der Waals surface area contributed by atoms with E-state index in [1.54, 1.807) is 22.8 Å². The predicted molar refractivity (Wildman–Crippen MR) is 108 cm³/mol. The molecule has 0 bridgehead atoms. The second-order valence-corrected chi connectivity index (χ2v) is 7.37. The summed E-state index contributed by atoms with van der Waals surface area (Å²) in [6.45, 7) is 3.11. The molecule has 7 heteroatoms. The number of carbonyl (C=O) groups is 2. The van der Waals surface area contributed by atoms with Crippen LogP contribution in [0, 0.1) is 6.92 Å². The van der Waals surface area contributed by atoms with E-state index in [0.717, 1.165) is 39.2 Å². The van der Waals surface area contributed by atoms with E-state index < -0.39 is 5.97 Å². The maximum absolute atomic E-state index is 12.4. The van der Waals surface area contributed by atoms with Gasteiger partial charge in [0.05, 0.1) is 11.9 Å². The standard InChI is InChI=1S/C22H22N4O3/c1-14-5-8-18(17-11-23-26(13-17)9-3-4-20(27)28)21(24-14)15-6-7-16-12-25(2)22(29)19(16)10-15/h5-8,10-11,13H,3-4,9,12H2,1-2H3,(H,27,28). The minimum atomic E-state index is -0.806. The van der Waals surface area contributed by atoms with Crippen LogP contribution in [0.25, 0.3) is 22.4 Å².